The molecule has 22 heavy (non-hydrogen) atoms. The topological polar surface area (TPSA) is 92.9 Å². The highest BCUT2D eigenvalue weighted by Gasteiger charge is 2.14. The first-order valence-corrected chi connectivity index (χ1v) is 6.98. The molecular weight excluding hydrogens is 282 g/mol. The Balaban J connectivity index is 2.32. The number of aryl methyl sites for hydroxylation is 2. The maximum Gasteiger partial charge on any atom is 0.249 e. The van der Waals surface area contributed by atoms with Crippen molar-refractivity contribution in [1.29, 1.82) is 0 Å². The lowest BCUT2D eigenvalue weighted by Gasteiger charge is -2.13. The van der Waals surface area contributed by atoms with Gasteiger partial charge in [-0.2, -0.15) is 0 Å². The summed E-state index contributed by atoms with van der Waals surface area (Å²) >= 11 is 0. The van der Waals surface area contributed by atoms with Crippen molar-refractivity contribution in [3.63, 3.8) is 0 Å². The summed E-state index contributed by atoms with van der Waals surface area (Å²) < 4.78 is 7.29. The van der Waals surface area contributed by atoms with E-state index < -0.39 is 5.91 Å². The molecule has 1 amide bonds. The number of nitrogens with zero attached hydrogens (tertiary/aromatic N) is 5. The fraction of sp³-hybridized carbons (Fsp3) is 0.333. The molecule has 0 aliphatic carbocycles. The van der Waals surface area contributed by atoms with Gasteiger partial charge in [0.15, 0.2) is 0 Å². The molecule has 0 fully saturated rings. The van der Waals surface area contributed by atoms with E-state index in [1.54, 1.807) is 36.1 Å². The first-order valence-electron chi connectivity index (χ1n) is 6.98. The SMILES string of the molecule is CCCc1cccc(C(=O)N=[N+]=[N-])c1COc1ccn(C)n1. The van der Waals surface area contributed by atoms with Crippen molar-refractivity contribution < 1.29 is 9.53 Å². The van der Waals surface area contributed by atoms with Crippen LogP contribution in [0.15, 0.2) is 35.6 Å². The monoisotopic (exact) mass is 299 g/mol. The fourth-order valence-electron chi connectivity index (χ4n) is 2.22. The molecule has 1 aromatic heterocycles. The zero-order valence-corrected chi connectivity index (χ0v) is 12.6. The molecule has 0 spiro atoms. The average molecular weight is 299 g/mol. The van der Waals surface area contributed by atoms with Crippen molar-refractivity contribution in [3.8, 4) is 5.88 Å². The molecule has 0 bridgehead atoms. The second-order valence-corrected chi connectivity index (χ2v) is 4.80. The molecule has 2 rings (SSSR count). The van der Waals surface area contributed by atoms with Crippen LogP contribution in [0.1, 0.15) is 34.8 Å². The van der Waals surface area contributed by atoms with Gasteiger partial charge < -0.3 is 4.74 Å². The van der Waals surface area contributed by atoms with Gasteiger partial charge in [-0.3, -0.25) is 9.48 Å². The molecule has 7 nitrogen and oxygen atoms in total. The fourth-order valence-corrected chi connectivity index (χ4v) is 2.22. The maximum absolute atomic E-state index is 11.9. The number of benzene rings is 1. The summed E-state index contributed by atoms with van der Waals surface area (Å²) in [6.07, 6.45) is 3.54. The number of azide groups is 1. The van der Waals surface area contributed by atoms with Crippen LogP contribution in [-0.2, 0) is 20.1 Å². The van der Waals surface area contributed by atoms with E-state index in [4.69, 9.17) is 10.3 Å². The maximum atomic E-state index is 11.9. The summed E-state index contributed by atoms with van der Waals surface area (Å²) in [5.41, 5.74) is 10.6. The van der Waals surface area contributed by atoms with Gasteiger partial charge in [-0.15, -0.1) is 5.10 Å². The van der Waals surface area contributed by atoms with Crippen LogP contribution in [0.5, 0.6) is 5.88 Å². The molecule has 0 saturated carbocycles. The first kappa shape index (κ1) is 15.6. The number of hydrogen-bond acceptors (Lipinski definition) is 3. The van der Waals surface area contributed by atoms with E-state index in [0.717, 1.165) is 24.0 Å². The Morgan fingerprint density at radius 1 is 1.45 bits per heavy atom. The summed E-state index contributed by atoms with van der Waals surface area (Å²) in [5.74, 6) is -0.115. The molecule has 114 valence electrons. The second kappa shape index (κ2) is 7.28. The number of hydrogen-bond donors (Lipinski definition) is 0. The third-order valence-electron chi connectivity index (χ3n) is 3.21. The minimum atomic E-state index is -0.597. The third kappa shape index (κ3) is 3.65. The van der Waals surface area contributed by atoms with E-state index in [1.807, 2.05) is 6.07 Å². The summed E-state index contributed by atoms with van der Waals surface area (Å²) in [7, 11) is 1.80. The molecule has 0 N–H and O–H groups in total. The van der Waals surface area contributed by atoms with E-state index >= 15 is 0 Å². The largest absolute Gasteiger partial charge is 0.472 e. The van der Waals surface area contributed by atoms with Gasteiger partial charge >= 0.3 is 0 Å². The van der Waals surface area contributed by atoms with Gasteiger partial charge in [0.1, 0.15) is 6.61 Å². The van der Waals surface area contributed by atoms with E-state index in [1.165, 1.54) is 0 Å². The van der Waals surface area contributed by atoms with Crippen molar-refractivity contribution in [1.82, 2.24) is 9.78 Å². The average Bonchev–Trinajstić information content (AvgIpc) is 2.92. The Hall–Kier alpha value is -2.79. The second-order valence-electron chi connectivity index (χ2n) is 4.80. The van der Waals surface area contributed by atoms with Crippen LogP contribution in [0.25, 0.3) is 10.4 Å². The standard InChI is InChI=1S/C15H17N5O2/c1-3-5-11-6-4-7-12(15(21)17-19-16)13(11)10-22-14-8-9-20(2)18-14/h4,6-9H,3,5,10H2,1-2H3. The van der Waals surface area contributed by atoms with Crippen molar-refractivity contribution in [2.45, 2.75) is 26.4 Å². The van der Waals surface area contributed by atoms with E-state index in [9.17, 15) is 4.79 Å². The van der Waals surface area contributed by atoms with E-state index in [-0.39, 0.29) is 6.61 Å². The molecule has 0 aliphatic heterocycles. The highest BCUT2D eigenvalue weighted by Crippen LogP contribution is 2.20. The number of amides is 1. The lowest BCUT2D eigenvalue weighted by molar-refractivity contribution is 0.0997. The van der Waals surface area contributed by atoms with Crippen molar-refractivity contribution in [2.75, 3.05) is 0 Å². The van der Waals surface area contributed by atoms with Crippen molar-refractivity contribution in [3.05, 3.63) is 57.6 Å². The molecule has 7 heteroatoms. The number of rotatable bonds is 6. The molecule has 2 aromatic rings. The summed E-state index contributed by atoms with van der Waals surface area (Å²) in [4.78, 5) is 14.5. The zero-order chi connectivity index (χ0) is 15.9. The van der Waals surface area contributed by atoms with Gasteiger partial charge in [-0.25, -0.2) is 0 Å². The summed E-state index contributed by atoms with van der Waals surface area (Å²) in [5, 5.41) is 7.32. The Morgan fingerprint density at radius 2 is 2.27 bits per heavy atom. The minimum Gasteiger partial charge on any atom is -0.472 e. The molecular formula is C15H17N5O2. The van der Waals surface area contributed by atoms with Gasteiger partial charge in [-0.1, -0.05) is 31.5 Å². The number of carbonyl (C=O) groups is 1. The van der Waals surface area contributed by atoms with Crippen LogP contribution in [0, 0.1) is 0 Å². The van der Waals surface area contributed by atoms with Gasteiger partial charge in [0.05, 0.1) is 0 Å². The van der Waals surface area contributed by atoms with Gasteiger partial charge in [-0.05, 0) is 22.6 Å². The zero-order valence-electron chi connectivity index (χ0n) is 12.6. The summed E-state index contributed by atoms with van der Waals surface area (Å²) in [6, 6.07) is 7.13. The highest BCUT2D eigenvalue weighted by atomic mass is 16.5. The predicted octanol–water partition coefficient (Wildman–Crippen LogP) is 3.40. The van der Waals surface area contributed by atoms with Crippen molar-refractivity contribution >= 4 is 5.91 Å². The Kier molecular flexibility index (Phi) is 5.16. The van der Waals surface area contributed by atoms with E-state index in [2.05, 4.69) is 22.0 Å². The third-order valence-corrected chi connectivity index (χ3v) is 3.21. The van der Waals surface area contributed by atoms with Crippen LogP contribution in [0.2, 0.25) is 0 Å². The summed E-state index contributed by atoms with van der Waals surface area (Å²) in [6.45, 7) is 2.26. The Morgan fingerprint density at radius 3 is 2.91 bits per heavy atom. The molecule has 0 saturated heterocycles. The van der Waals surface area contributed by atoms with Crippen LogP contribution >= 0.6 is 0 Å². The first-order chi connectivity index (χ1) is 10.7. The molecule has 1 heterocycles. The number of carbonyl (C=O) groups excluding carboxylic acids is 1. The van der Waals surface area contributed by atoms with Gasteiger partial charge in [0.2, 0.25) is 11.8 Å². The number of ether oxygens (including phenoxy) is 1. The Labute approximate surface area is 128 Å². The molecule has 0 unspecified atom stereocenters. The normalized spacial score (nSPS) is 10.1. The van der Waals surface area contributed by atoms with Gasteiger partial charge in [0.25, 0.3) is 0 Å². The van der Waals surface area contributed by atoms with Crippen molar-refractivity contribution in [2.24, 2.45) is 12.2 Å². The minimum absolute atomic E-state index is 0.204. The van der Waals surface area contributed by atoms with Crippen LogP contribution < -0.4 is 4.74 Å². The molecule has 0 aliphatic rings. The van der Waals surface area contributed by atoms with Crippen LogP contribution in [0.4, 0.5) is 0 Å². The quantitative estimate of drug-likeness (QED) is 0.465. The molecule has 0 radical (unpaired) electrons. The lowest BCUT2D eigenvalue weighted by atomic mass is 9.98. The van der Waals surface area contributed by atoms with E-state index in [0.29, 0.717) is 11.4 Å². The Bertz CT molecular complexity index is 716. The van der Waals surface area contributed by atoms with Crippen LogP contribution in [0.3, 0.4) is 0 Å². The van der Waals surface area contributed by atoms with Gasteiger partial charge in [0, 0.05) is 35.3 Å². The number of aromatic nitrogens is 2. The smallest absolute Gasteiger partial charge is 0.249 e. The molecule has 0 atom stereocenters. The highest BCUT2D eigenvalue weighted by molar-refractivity contribution is 5.96. The predicted molar refractivity (Wildman–Crippen MR) is 81.5 cm³/mol. The molecule has 1 aromatic carbocycles. The lowest BCUT2D eigenvalue weighted by Crippen LogP contribution is -2.08. The van der Waals surface area contributed by atoms with Crippen LogP contribution in [-0.4, -0.2) is 15.7 Å².